The Hall–Kier alpha value is -3.28. The second-order valence-corrected chi connectivity index (χ2v) is 5.98. The van der Waals surface area contributed by atoms with Crippen LogP contribution >= 0.6 is 0 Å². The van der Waals surface area contributed by atoms with Crippen LogP contribution in [0.1, 0.15) is 11.1 Å². The van der Waals surface area contributed by atoms with E-state index in [-0.39, 0.29) is 17.4 Å². The molecule has 2 N–H and O–H groups in total. The summed E-state index contributed by atoms with van der Waals surface area (Å²) < 4.78 is 13.3. The predicted octanol–water partition coefficient (Wildman–Crippen LogP) is 5.59. The molecular weight excluding hydrogens is 319 g/mol. The summed E-state index contributed by atoms with van der Waals surface area (Å²) in [5, 5.41) is 20.0. The molecule has 0 amide bonds. The molecule has 4 rings (SSSR count). The summed E-state index contributed by atoms with van der Waals surface area (Å²) in [6, 6.07) is 12.0. The zero-order valence-corrected chi connectivity index (χ0v) is 13.7. The highest BCUT2D eigenvalue weighted by Gasteiger charge is 2.11. The fraction of sp³-hybridized carbons (Fsp3) is 0.105. The summed E-state index contributed by atoms with van der Waals surface area (Å²) in [6.07, 6.45) is 0. The lowest BCUT2D eigenvalue weighted by atomic mass is 10.1. The first-order chi connectivity index (χ1) is 12.0. The van der Waals surface area contributed by atoms with Crippen LogP contribution in [0.15, 0.2) is 52.7 Å². The molecule has 2 aromatic carbocycles. The van der Waals surface area contributed by atoms with Gasteiger partial charge in [-0.1, -0.05) is 18.2 Å². The standard InChI is InChI=1S/C19H15FN4O/c1-10-4-3-5-13-11(2)8-16(22-17(10)13)23-24-18-14-7-6-12(20)9-15(14)21-19(18)25/h3-9,21,25H,1-2H3. The average Bonchev–Trinajstić information content (AvgIpc) is 2.88. The molecule has 124 valence electrons. The summed E-state index contributed by atoms with van der Waals surface area (Å²) in [7, 11) is 0. The van der Waals surface area contributed by atoms with Gasteiger partial charge in [-0.05, 0) is 49.2 Å². The van der Waals surface area contributed by atoms with E-state index in [1.807, 2.05) is 38.1 Å². The van der Waals surface area contributed by atoms with Crippen LogP contribution in [0.25, 0.3) is 21.8 Å². The Morgan fingerprint density at radius 2 is 1.84 bits per heavy atom. The van der Waals surface area contributed by atoms with Gasteiger partial charge in [-0.15, -0.1) is 10.2 Å². The maximum Gasteiger partial charge on any atom is 0.218 e. The molecule has 0 aliphatic rings. The third-order valence-corrected chi connectivity index (χ3v) is 4.20. The molecule has 5 nitrogen and oxygen atoms in total. The Bertz CT molecular complexity index is 1150. The molecule has 0 atom stereocenters. The number of aromatic amines is 1. The maximum absolute atomic E-state index is 13.3. The number of fused-ring (bicyclic) bond motifs is 2. The number of halogens is 1. The number of benzene rings is 2. The largest absolute Gasteiger partial charge is 0.493 e. The molecule has 0 spiro atoms. The van der Waals surface area contributed by atoms with Gasteiger partial charge in [-0.3, -0.25) is 0 Å². The summed E-state index contributed by atoms with van der Waals surface area (Å²) in [6.45, 7) is 3.99. The van der Waals surface area contributed by atoms with Crippen molar-refractivity contribution in [2.45, 2.75) is 13.8 Å². The summed E-state index contributed by atoms with van der Waals surface area (Å²) in [5.41, 5.74) is 3.71. The first-order valence-electron chi connectivity index (χ1n) is 7.82. The molecule has 0 radical (unpaired) electrons. The van der Waals surface area contributed by atoms with Gasteiger partial charge in [0.2, 0.25) is 5.88 Å². The smallest absolute Gasteiger partial charge is 0.218 e. The van der Waals surface area contributed by atoms with E-state index >= 15 is 0 Å². The van der Waals surface area contributed by atoms with Crippen molar-refractivity contribution >= 4 is 33.3 Å². The summed E-state index contributed by atoms with van der Waals surface area (Å²) in [4.78, 5) is 7.24. The molecule has 2 heterocycles. The molecule has 4 aromatic rings. The second kappa shape index (κ2) is 5.66. The zero-order chi connectivity index (χ0) is 17.6. The van der Waals surface area contributed by atoms with E-state index in [0.29, 0.717) is 16.7 Å². The number of rotatable bonds is 2. The van der Waals surface area contributed by atoms with E-state index < -0.39 is 0 Å². The van der Waals surface area contributed by atoms with Crippen molar-refractivity contribution in [3.05, 3.63) is 59.4 Å². The van der Waals surface area contributed by atoms with Crippen molar-refractivity contribution in [2.24, 2.45) is 10.2 Å². The lowest BCUT2D eigenvalue weighted by molar-refractivity contribution is 0.459. The number of nitrogens with zero attached hydrogens (tertiary/aromatic N) is 3. The van der Waals surface area contributed by atoms with Gasteiger partial charge >= 0.3 is 0 Å². The molecule has 0 bridgehead atoms. The van der Waals surface area contributed by atoms with Crippen molar-refractivity contribution < 1.29 is 9.50 Å². The molecule has 6 heteroatoms. The van der Waals surface area contributed by atoms with Crippen molar-refractivity contribution in [3.8, 4) is 5.88 Å². The van der Waals surface area contributed by atoms with Crippen molar-refractivity contribution in [1.29, 1.82) is 0 Å². The Balaban J connectivity index is 1.81. The monoisotopic (exact) mass is 334 g/mol. The maximum atomic E-state index is 13.3. The fourth-order valence-electron chi connectivity index (χ4n) is 2.94. The highest BCUT2D eigenvalue weighted by molar-refractivity contribution is 5.94. The first kappa shape index (κ1) is 15.3. The number of hydrogen-bond donors (Lipinski definition) is 2. The van der Waals surface area contributed by atoms with E-state index in [1.165, 1.54) is 12.1 Å². The van der Waals surface area contributed by atoms with Gasteiger partial charge in [0.05, 0.1) is 11.0 Å². The van der Waals surface area contributed by atoms with Gasteiger partial charge in [-0.2, -0.15) is 0 Å². The van der Waals surface area contributed by atoms with Crippen LogP contribution in [-0.2, 0) is 0 Å². The van der Waals surface area contributed by atoms with E-state index in [9.17, 15) is 9.50 Å². The number of aryl methyl sites for hydroxylation is 2. The number of nitrogens with one attached hydrogen (secondary N) is 1. The number of hydrogen-bond acceptors (Lipinski definition) is 4. The van der Waals surface area contributed by atoms with Crippen LogP contribution in [0, 0.1) is 19.7 Å². The van der Waals surface area contributed by atoms with E-state index in [2.05, 4.69) is 20.2 Å². The number of aromatic nitrogens is 2. The molecule has 0 saturated heterocycles. The second-order valence-electron chi connectivity index (χ2n) is 5.98. The minimum absolute atomic E-state index is 0.155. The van der Waals surface area contributed by atoms with Crippen LogP contribution in [0.2, 0.25) is 0 Å². The van der Waals surface area contributed by atoms with Crippen molar-refractivity contribution in [2.75, 3.05) is 0 Å². The molecule has 0 aliphatic carbocycles. The van der Waals surface area contributed by atoms with Gasteiger partial charge in [0, 0.05) is 10.8 Å². The molecule has 2 aromatic heterocycles. The molecule has 0 saturated carbocycles. The van der Waals surface area contributed by atoms with Crippen LogP contribution in [0.4, 0.5) is 15.9 Å². The third kappa shape index (κ3) is 2.61. The summed E-state index contributed by atoms with van der Waals surface area (Å²) >= 11 is 0. The lowest BCUT2D eigenvalue weighted by Crippen LogP contribution is -1.86. The molecule has 0 unspecified atom stereocenters. The molecular formula is C19H15FN4O. The Morgan fingerprint density at radius 3 is 2.68 bits per heavy atom. The van der Waals surface area contributed by atoms with Crippen LogP contribution in [0.3, 0.4) is 0 Å². The van der Waals surface area contributed by atoms with Gasteiger partial charge in [0.1, 0.15) is 5.82 Å². The van der Waals surface area contributed by atoms with Gasteiger partial charge in [0.15, 0.2) is 11.5 Å². The van der Waals surface area contributed by atoms with Crippen LogP contribution in [0.5, 0.6) is 5.88 Å². The SMILES string of the molecule is Cc1cc(N=Nc2c(O)[nH]c3cc(F)ccc23)nc2c(C)cccc12. The molecule has 0 fully saturated rings. The average molecular weight is 334 g/mol. The van der Waals surface area contributed by atoms with E-state index in [4.69, 9.17) is 0 Å². The molecule has 25 heavy (non-hydrogen) atoms. The van der Waals surface area contributed by atoms with E-state index in [1.54, 1.807) is 6.07 Å². The highest BCUT2D eigenvalue weighted by Crippen LogP contribution is 2.36. The quantitative estimate of drug-likeness (QED) is 0.469. The zero-order valence-electron chi connectivity index (χ0n) is 13.7. The topological polar surface area (TPSA) is 73.6 Å². The number of H-pyrrole nitrogens is 1. The number of azo groups is 1. The van der Waals surface area contributed by atoms with Crippen LogP contribution < -0.4 is 0 Å². The van der Waals surface area contributed by atoms with Crippen molar-refractivity contribution in [3.63, 3.8) is 0 Å². The minimum Gasteiger partial charge on any atom is -0.493 e. The van der Waals surface area contributed by atoms with Gasteiger partial charge < -0.3 is 10.1 Å². The van der Waals surface area contributed by atoms with Crippen molar-refractivity contribution in [1.82, 2.24) is 9.97 Å². The lowest BCUT2D eigenvalue weighted by Gasteiger charge is -2.05. The highest BCUT2D eigenvalue weighted by atomic mass is 19.1. The normalized spacial score (nSPS) is 11.8. The third-order valence-electron chi connectivity index (χ3n) is 4.20. The molecule has 0 aliphatic heterocycles. The number of pyridine rings is 1. The van der Waals surface area contributed by atoms with Gasteiger partial charge in [-0.25, -0.2) is 9.37 Å². The van der Waals surface area contributed by atoms with E-state index in [0.717, 1.165) is 22.0 Å². The Labute approximate surface area is 142 Å². The Morgan fingerprint density at radius 1 is 1.00 bits per heavy atom. The minimum atomic E-state index is -0.389. The van der Waals surface area contributed by atoms with Gasteiger partial charge in [0.25, 0.3) is 0 Å². The Kier molecular flexibility index (Phi) is 3.46. The first-order valence-corrected chi connectivity index (χ1v) is 7.82. The summed E-state index contributed by atoms with van der Waals surface area (Å²) in [5.74, 6) is -0.0901. The van der Waals surface area contributed by atoms with Crippen LogP contribution in [-0.4, -0.2) is 15.1 Å². The fourth-order valence-corrected chi connectivity index (χ4v) is 2.94. The predicted molar refractivity (Wildman–Crippen MR) is 95.3 cm³/mol. The number of aromatic hydroxyl groups is 1. The number of para-hydroxylation sites is 1.